The van der Waals surface area contributed by atoms with Crippen molar-refractivity contribution in [2.45, 2.75) is 0 Å². The van der Waals surface area contributed by atoms with E-state index in [4.69, 9.17) is 12.2 Å². The average molecular weight is 346 g/mol. The van der Waals surface area contributed by atoms with E-state index in [1.165, 1.54) is 36.4 Å². The maximum absolute atomic E-state index is 12.0. The minimum Gasteiger partial charge on any atom is -0.332 e. The van der Waals surface area contributed by atoms with Crippen molar-refractivity contribution in [2.24, 2.45) is 0 Å². The molecule has 0 aliphatic rings. The van der Waals surface area contributed by atoms with Crippen molar-refractivity contribution in [1.29, 1.82) is 0 Å². The standard InChI is InChI=1S/C14H10N4O5S/c19-13(9-3-1-5-11(7-9)17(20)21)16-14(24)15-10-4-2-6-12(8-10)18(22)23/h1-8H,(H2,15,16,19,24). The van der Waals surface area contributed by atoms with E-state index < -0.39 is 15.8 Å². The minimum absolute atomic E-state index is 0.0624. The van der Waals surface area contributed by atoms with Crippen LogP contribution < -0.4 is 10.6 Å². The monoisotopic (exact) mass is 346 g/mol. The molecule has 0 aliphatic carbocycles. The lowest BCUT2D eigenvalue weighted by Gasteiger charge is -2.09. The van der Waals surface area contributed by atoms with Crippen molar-refractivity contribution in [2.75, 3.05) is 5.32 Å². The summed E-state index contributed by atoms with van der Waals surface area (Å²) >= 11 is 4.96. The molecule has 2 aromatic carbocycles. The van der Waals surface area contributed by atoms with Crippen LogP contribution in [0.2, 0.25) is 0 Å². The SMILES string of the molecule is O=C(NC(=S)Nc1cccc([N+](=O)[O-])c1)c1cccc([N+](=O)[O-])c1. The Morgan fingerprint density at radius 1 is 0.958 bits per heavy atom. The molecule has 0 radical (unpaired) electrons. The van der Waals surface area contributed by atoms with E-state index in [1.54, 1.807) is 6.07 Å². The molecular weight excluding hydrogens is 336 g/mol. The third-order valence-electron chi connectivity index (χ3n) is 2.86. The summed E-state index contributed by atoms with van der Waals surface area (Å²) in [6, 6.07) is 10.7. The molecular formula is C14H10N4O5S. The highest BCUT2D eigenvalue weighted by Crippen LogP contribution is 2.17. The van der Waals surface area contributed by atoms with Crippen LogP contribution in [0, 0.1) is 20.2 Å². The molecule has 0 bridgehead atoms. The summed E-state index contributed by atoms with van der Waals surface area (Å²) in [6.45, 7) is 0. The van der Waals surface area contributed by atoms with E-state index in [1.807, 2.05) is 0 Å². The molecule has 0 aliphatic heterocycles. The number of hydrogen-bond donors (Lipinski definition) is 2. The summed E-state index contributed by atoms with van der Waals surface area (Å²) < 4.78 is 0. The zero-order valence-corrected chi connectivity index (χ0v) is 12.8. The zero-order chi connectivity index (χ0) is 17.7. The Morgan fingerprint density at radius 2 is 1.54 bits per heavy atom. The van der Waals surface area contributed by atoms with Crippen LogP contribution in [0.4, 0.5) is 17.1 Å². The summed E-state index contributed by atoms with van der Waals surface area (Å²) in [5.41, 5.74) is 0.0361. The van der Waals surface area contributed by atoms with Crippen LogP contribution in [0.1, 0.15) is 10.4 Å². The van der Waals surface area contributed by atoms with Crippen molar-refractivity contribution in [1.82, 2.24) is 5.32 Å². The van der Waals surface area contributed by atoms with Gasteiger partial charge in [0, 0.05) is 35.5 Å². The number of carbonyl (C=O) groups excluding carboxylic acids is 1. The maximum atomic E-state index is 12.0. The van der Waals surface area contributed by atoms with Gasteiger partial charge in [0.15, 0.2) is 5.11 Å². The lowest BCUT2D eigenvalue weighted by molar-refractivity contribution is -0.385. The number of thiocarbonyl (C=S) groups is 1. The van der Waals surface area contributed by atoms with E-state index in [0.29, 0.717) is 5.69 Å². The Bertz CT molecular complexity index is 839. The van der Waals surface area contributed by atoms with Crippen LogP contribution >= 0.6 is 12.2 Å². The van der Waals surface area contributed by atoms with Gasteiger partial charge in [-0.25, -0.2) is 0 Å². The largest absolute Gasteiger partial charge is 0.332 e. The number of benzene rings is 2. The second kappa shape index (κ2) is 7.24. The van der Waals surface area contributed by atoms with Crippen molar-refractivity contribution in [3.05, 3.63) is 74.3 Å². The Balaban J connectivity index is 2.05. The number of anilines is 1. The molecule has 2 rings (SSSR count). The first-order valence-electron chi connectivity index (χ1n) is 6.48. The predicted molar refractivity (Wildman–Crippen MR) is 89.9 cm³/mol. The van der Waals surface area contributed by atoms with Crippen LogP contribution in [-0.2, 0) is 0 Å². The molecule has 0 heterocycles. The van der Waals surface area contributed by atoms with Gasteiger partial charge < -0.3 is 5.32 Å². The first kappa shape index (κ1) is 17.0. The first-order chi connectivity index (χ1) is 11.4. The third kappa shape index (κ3) is 4.30. The maximum Gasteiger partial charge on any atom is 0.271 e. The number of non-ortho nitro benzene ring substituents is 2. The van der Waals surface area contributed by atoms with Gasteiger partial charge in [-0.2, -0.15) is 0 Å². The van der Waals surface area contributed by atoms with Gasteiger partial charge >= 0.3 is 0 Å². The Kier molecular flexibility index (Phi) is 5.12. The van der Waals surface area contributed by atoms with Crippen LogP contribution in [0.15, 0.2) is 48.5 Å². The fraction of sp³-hybridized carbons (Fsp3) is 0. The zero-order valence-electron chi connectivity index (χ0n) is 12.0. The van der Waals surface area contributed by atoms with Gasteiger partial charge in [0.2, 0.25) is 0 Å². The number of nitrogens with one attached hydrogen (secondary N) is 2. The number of nitrogens with zero attached hydrogens (tertiary/aromatic N) is 2. The van der Waals surface area contributed by atoms with Gasteiger partial charge in [0.25, 0.3) is 17.3 Å². The molecule has 2 aromatic rings. The number of nitro benzene ring substituents is 2. The molecule has 9 nitrogen and oxygen atoms in total. The van der Waals surface area contributed by atoms with Gasteiger partial charge in [-0.3, -0.25) is 30.3 Å². The summed E-state index contributed by atoms with van der Waals surface area (Å²) in [5, 5.41) is 26.3. The number of amides is 1. The van der Waals surface area contributed by atoms with Gasteiger partial charge in [-0.15, -0.1) is 0 Å². The van der Waals surface area contributed by atoms with Gasteiger partial charge in [-0.05, 0) is 24.4 Å². The fourth-order valence-corrected chi connectivity index (χ4v) is 2.01. The molecule has 0 saturated heterocycles. The van der Waals surface area contributed by atoms with Crippen LogP contribution in [0.25, 0.3) is 0 Å². The molecule has 0 aromatic heterocycles. The summed E-state index contributed by atoms with van der Waals surface area (Å²) in [5.74, 6) is -0.637. The fourth-order valence-electron chi connectivity index (χ4n) is 1.80. The quantitative estimate of drug-likeness (QED) is 0.495. The molecule has 0 unspecified atom stereocenters. The van der Waals surface area contributed by atoms with Gasteiger partial charge in [0.05, 0.1) is 9.85 Å². The topological polar surface area (TPSA) is 127 Å². The lowest BCUT2D eigenvalue weighted by Crippen LogP contribution is -2.34. The minimum atomic E-state index is -0.637. The van der Waals surface area contributed by atoms with Crippen LogP contribution in [0.3, 0.4) is 0 Å². The molecule has 1 amide bonds. The number of nitro groups is 2. The summed E-state index contributed by atoms with van der Waals surface area (Å²) in [4.78, 5) is 32.3. The Labute approximate surface area is 140 Å². The van der Waals surface area contributed by atoms with E-state index in [-0.39, 0.29) is 22.1 Å². The number of rotatable bonds is 4. The van der Waals surface area contributed by atoms with Crippen molar-refractivity contribution in [3.63, 3.8) is 0 Å². The normalized spacial score (nSPS) is 9.83. The first-order valence-corrected chi connectivity index (χ1v) is 6.89. The molecule has 0 spiro atoms. The average Bonchev–Trinajstić information content (AvgIpc) is 2.55. The van der Waals surface area contributed by atoms with Gasteiger partial charge in [-0.1, -0.05) is 12.1 Å². The molecule has 10 heteroatoms. The van der Waals surface area contributed by atoms with E-state index in [2.05, 4.69) is 10.6 Å². The smallest absolute Gasteiger partial charge is 0.271 e. The second-order valence-corrected chi connectivity index (χ2v) is 4.93. The van der Waals surface area contributed by atoms with E-state index >= 15 is 0 Å². The molecule has 0 fully saturated rings. The van der Waals surface area contributed by atoms with E-state index in [9.17, 15) is 25.0 Å². The number of hydrogen-bond acceptors (Lipinski definition) is 6. The summed E-state index contributed by atoms with van der Waals surface area (Å²) in [6.07, 6.45) is 0. The highest BCUT2D eigenvalue weighted by atomic mass is 32.1. The highest BCUT2D eigenvalue weighted by Gasteiger charge is 2.13. The second-order valence-electron chi connectivity index (χ2n) is 4.52. The van der Waals surface area contributed by atoms with Crippen LogP contribution in [-0.4, -0.2) is 20.9 Å². The molecule has 0 atom stereocenters. The van der Waals surface area contributed by atoms with Crippen molar-refractivity contribution < 1.29 is 14.6 Å². The summed E-state index contributed by atoms with van der Waals surface area (Å²) in [7, 11) is 0. The molecule has 2 N–H and O–H groups in total. The highest BCUT2D eigenvalue weighted by molar-refractivity contribution is 7.80. The third-order valence-corrected chi connectivity index (χ3v) is 3.07. The van der Waals surface area contributed by atoms with Crippen molar-refractivity contribution >= 4 is 40.3 Å². The molecule has 122 valence electrons. The number of carbonyl (C=O) groups is 1. The molecule has 24 heavy (non-hydrogen) atoms. The Morgan fingerprint density at radius 3 is 2.17 bits per heavy atom. The van der Waals surface area contributed by atoms with Crippen molar-refractivity contribution in [3.8, 4) is 0 Å². The van der Waals surface area contributed by atoms with Gasteiger partial charge in [0.1, 0.15) is 0 Å². The predicted octanol–water partition coefficient (Wildman–Crippen LogP) is 2.63. The van der Waals surface area contributed by atoms with E-state index in [0.717, 1.165) is 6.07 Å². The lowest BCUT2D eigenvalue weighted by atomic mass is 10.2. The van der Waals surface area contributed by atoms with Crippen LogP contribution in [0.5, 0.6) is 0 Å². The molecule has 0 saturated carbocycles. The Hall–Kier alpha value is -3.40.